The second-order valence-corrected chi connectivity index (χ2v) is 8.96. The molecule has 154 valence electrons. The highest BCUT2D eigenvalue weighted by Crippen LogP contribution is 2.42. The van der Waals surface area contributed by atoms with E-state index in [0.717, 1.165) is 56.0 Å². The zero-order valence-corrected chi connectivity index (χ0v) is 17.0. The Morgan fingerprint density at radius 2 is 1.83 bits per heavy atom. The van der Waals surface area contributed by atoms with E-state index in [-0.39, 0.29) is 11.9 Å². The molecule has 0 saturated carbocycles. The van der Waals surface area contributed by atoms with Crippen molar-refractivity contribution >= 4 is 11.9 Å². The van der Waals surface area contributed by atoms with Crippen LogP contribution in [0.15, 0.2) is 23.9 Å². The number of piperidine rings is 1. The van der Waals surface area contributed by atoms with Crippen molar-refractivity contribution in [1.82, 2.24) is 9.80 Å². The average molecular weight is 396 g/mol. The Labute approximate surface area is 171 Å². The van der Waals surface area contributed by atoms with Crippen LogP contribution in [0.5, 0.6) is 0 Å². The van der Waals surface area contributed by atoms with Gasteiger partial charge in [-0.3, -0.25) is 0 Å². The van der Waals surface area contributed by atoms with Crippen molar-refractivity contribution in [3.63, 3.8) is 0 Å². The Balaban J connectivity index is 1.15. The molecule has 1 aromatic rings. The van der Waals surface area contributed by atoms with Crippen LogP contribution in [0.1, 0.15) is 46.3 Å². The van der Waals surface area contributed by atoms with Crippen molar-refractivity contribution in [2.75, 3.05) is 39.3 Å². The summed E-state index contributed by atoms with van der Waals surface area (Å²) in [6.45, 7) is 8.39. The lowest BCUT2D eigenvalue weighted by Crippen LogP contribution is -2.42. The third-order valence-electron chi connectivity index (χ3n) is 7.38. The molecule has 0 amide bonds. The van der Waals surface area contributed by atoms with Crippen LogP contribution in [-0.4, -0.2) is 61.1 Å². The third-order valence-corrected chi connectivity index (χ3v) is 7.38. The lowest BCUT2D eigenvalue weighted by Gasteiger charge is -2.39. The van der Waals surface area contributed by atoms with Crippen LogP contribution in [0.2, 0.25) is 0 Å². The number of carbonyl (C=O) groups is 2. The van der Waals surface area contributed by atoms with Gasteiger partial charge < -0.3 is 19.3 Å². The molecule has 0 radical (unpaired) electrons. The van der Waals surface area contributed by atoms with Gasteiger partial charge in [0.2, 0.25) is 0 Å². The van der Waals surface area contributed by atoms with E-state index < -0.39 is 0 Å². The van der Waals surface area contributed by atoms with Gasteiger partial charge in [-0.25, -0.2) is 9.59 Å². The standard InChI is InChI=1S/C23H28N2O4/c1-16-17(2-3-19-20(16)14-29-22(19)27)4-8-24-9-5-23(6-10-24)7-11-25(15-23)18-12-21(26)28-13-18/h2-3,12H,4-11,13-15H2,1H3. The first-order chi connectivity index (χ1) is 14.0. The first-order valence-electron chi connectivity index (χ1n) is 10.7. The molecule has 4 aliphatic rings. The third kappa shape index (κ3) is 3.44. The summed E-state index contributed by atoms with van der Waals surface area (Å²) in [7, 11) is 0. The number of esters is 2. The van der Waals surface area contributed by atoms with E-state index in [2.05, 4.69) is 22.8 Å². The van der Waals surface area contributed by atoms with Crippen LogP contribution in [0.4, 0.5) is 0 Å². The van der Waals surface area contributed by atoms with Gasteiger partial charge in [0, 0.05) is 31.3 Å². The SMILES string of the molecule is Cc1c(CCN2CCC3(CC2)CCN(C2=CC(=O)OC2)C3)ccc2c1COC2=O. The quantitative estimate of drug-likeness (QED) is 0.729. The van der Waals surface area contributed by atoms with E-state index in [1.165, 1.54) is 30.4 Å². The average Bonchev–Trinajstić information content (AvgIpc) is 3.43. The molecule has 29 heavy (non-hydrogen) atoms. The van der Waals surface area contributed by atoms with E-state index in [0.29, 0.717) is 18.6 Å². The molecule has 0 aromatic heterocycles. The van der Waals surface area contributed by atoms with Crippen LogP contribution in [-0.2, 0) is 27.3 Å². The van der Waals surface area contributed by atoms with Gasteiger partial charge in [-0.05, 0) is 68.3 Å². The Bertz CT molecular complexity index is 883. The molecule has 0 N–H and O–H groups in total. The molecule has 1 spiro atoms. The summed E-state index contributed by atoms with van der Waals surface area (Å²) in [5.41, 5.74) is 5.80. The minimum Gasteiger partial charge on any atom is -0.457 e. The minimum absolute atomic E-state index is 0.189. The molecule has 5 rings (SSSR count). The Morgan fingerprint density at radius 1 is 1.03 bits per heavy atom. The van der Waals surface area contributed by atoms with E-state index in [1.807, 2.05) is 6.07 Å². The molecule has 4 heterocycles. The van der Waals surface area contributed by atoms with Crippen LogP contribution in [0, 0.1) is 12.3 Å². The van der Waals surface area contributed by atoms with Crippen LogP contribution in [0.25, 0.3) is 0 Å². The highest BCUT2D eigenvalue weighted by atomic mass is 16.5. The lowest BCUT2D eigenvalue weighted by atomic mass is 9.77. The smallest absolute Gasteiger partial charge is 0.338 e. The zero-order chi connectivity index (χ0) is 20.0. The number of hydrogen-bond acceptors (Lipinski definition) is 6. The van der Waals surface area contributed by atoms with Gasteiger partial charge >= 0.3 is 11.9 Å². The molecule has 0 aliphatic carbocycles. The number of likely N-dealkylation sites (tertiary alicyclic amines) is 2. The predicted molar refractivity (Wildman–Crippen MR) is 107 cm³/mol. The Hall–Kier alpha value is -2.34. The van der Waals surface area contributed by atoms with Crippen LogP contribution >= 0.6 is 0 Å². The molecule has 0 bridgehead atoms. The fourth-order valence-electron chi connectivity index (χ4n) is 5.33. The summed E-state index contributed by atoms with van der Waals surface area (Å²) < 4.78 is 10.3. The summed E-state index contributed by atoms with van der Waals surface area (Å²) in [6.07, 6.45) is 6.32. The molecule has 4 aliphatic heterocycles. The largest absolute Gasteiger partial charge is 0.457 e. The first-order valence-corrected chi connectivity index (χ1v) is 10.7. The van der Waals surface area contributed by atoms with E-state index >= 15 is 0 Å². The minimum atomic E-state index is -0.200. The Kier molecular flexibility index (Phi) is 4.62. The summed E-state index contributed by atoms with van der Waals surface area (Å²) >= 11 is 0. The van der Waals surface area contributed by atoms with Crippen molar-refractivity contribution in [2.24, 2.45) is 5.41 Å². The number of carbonyl (C=O) groups excluding carboxylic acids is 2. The van der Waals surface area contributed by atoms with Gasteiger partial charge in [0.25, 0.3) is 0 Å². The normalized spacial score (nSPS) is 23.3. The highest BCUT2D eigenvalue weighted by molar-refractivity contribution is 5.93. The summed E-state index contributed by atoms with van der Waals surface area (Å²) in [4.78, 5) is 28.0. The van der Waals surface area contributed by atoms with E-state index in [1.54, 1.807) is 6.08 Å². The maximum atomic E-state index is 11.7. The summed E-state index contributed by atoms with van der Waals surface area (Å²) in [5, 5.41) is 0. The molecule has 0 atom stereocenters. The number of ether oxygens (including phenoxy) is 2. The molecule has 2 fully saturated rings. The highest BCUT2D eigenvalue weighted by Gasteiger charge is 2.41. The van der Waals surface area contributed by atoms with E-state index in [9.17, 15) is 9.59 Å². The number of cyclic esters (lactones) is 2. The van der Waals surface area contributed by atoms with Crippen LogP contribution < -0.4 is 0 Å². The van der Waals surface area contributed by atoms with Gasteiger partial charge in [0.1, 0.15) is 13.2 Å². The molecule has 0 unspecified atom stereocenters. The van der Waals surface area contributed by atoms with Gasteiger partial charge in [0.15, 0.2) is 0 Å². The second-order valence-electron chi connectivity index (χ2n) is 8.96. The van der Waals surface area contributed by atoms with Crippen molar-refractivity contribution in [2.45, 2.75) is 39.2 Å². The molecular weight excluding hydrogens is 368 g/mol. The van der Waals surface area contributed by atoms with Gasteiger partial charge in [-0.2, -0.15) is 0 Å². The fourth-order valence-corrected chi connectivity index (χ4v) is 5.33. The number of rotatable bonds is 4. The maximum absolute atomic E-state index is 11.7. The Morgan fingerprint density at radius 3 is 2.59 bits per heavy atom. The number of hydrogen-bond donors (Lipinski definition) is 0. The monoisotopic (exact) mass is 396 g/mol. The summed E-state index contributed by atoms with van der Waals surface area (Å²) in [5.74, 6) is -0.389. The molecule has 6 nitrogen and oxygen atoms in total. The molecular formula is C23H28N2O4. The lowest BCUT2D eigenvalue weighted by molar-refractivity contribution is -0.135. The number of nitrogens with zero attached hydrogens (tertiary/aromatic N) is 2. The molecule has 2 saturated heterocycles. The van der Waals surface area contributed by atoms with Gasteiger partial charge in [-0.15, -0.1) is 0 Å². The van der Waals surface area contributed by atoms with Crippen molar-refractivity contribution < 1.29 is 19.1 Å². The van der Waals surface area contributed by atoms with Crippen molar-refractivity contribution in [3.05, 3.63) is 46.2 Å². The molecule has 1 aromatic carbocycles. The van der Waals surface area contributed by atoms with Gasteiger partial charge in [-0.1, -0.05) is 6.07 Å². The number of fused-ring (bicyclic) bond motifs is 1. The molecule has 6 heteroatoms. The fraction of sp³-hybridized carbons (Fsp3) is 0.565. The first kappa shape index (κ1) is 18.7. The van der Waals surface area contributed by atoms with Crippen molar-refractivity contribution in [3.8, 4) is 0 Å². The summed E-state index contributed by atoms with van der Waals surface area (Å²) in [6, 6.07) is 4.02. The van der Waals surface area contributed by atoms with E-state index in [4.69, 9.17) is 9.47 Å². The van der Waals surface area contributed by atoms with Gasteiger partial charge in [0.05, 0.1) is 11.3 Å². The zero-order valence-electron chi connectivity index (χ0n) is 17.0. The maximum Gasteiger partial charge on any atom is 0.338 e. The van der Waals surface area contributed by atoms with Crippen molar-refractivity contribution in [1.29, 1.82) is 0 Å². The second kappa shape index (κ2) is 7.17. The topological polar surface area (TPSA) is 59.1 Å². The van der Waals surface area contributed by atoms with Crippen LogP contribution in [0.3, 0.4) is 0 Å². The predicted octanol–water partition coefficient (Wildman–Crippen LogP) is 2.44. The number of benzene rings is 1.